The lowest BCUT2D eigenvalue weighted by Crippen LogP contribution is -2.50. The van der Waals surface area contributed by atoms with E-state index in [4.69, 9.17) is 35.4 Å². The molecule has 3 rings (SSSR count). The summed E-state index contributed by atoms with van der Waals surface area (Å²) < 4.78 is 93.4. The Kier molecular flexibility index (Phi) is 7.54. The fourth-order valence-electron chi connectivity index (χ4n) is 3.04. The number of thiocarbonyl (C=S) groups is 1. The largest absolute Gasteiger partial charge is 0.435 e. The average Bonchev–Trinajstić information content (AvgIpc) is 3.14. The Morgan fingerprint density at radius 1 is 1.03 bits per heavy atom. The molecule has 0 aliphatic carbocycles. The van der Waals surface area contributed by atoms with Gasteiger partial charge in [-0.2, -0.15) is 31.4 Å². The second-order valence-electron chi connectivity index (χ2n) is 7.16. The predicted octanol–water partition coefficient (Wildman–Crippen LogP) is 6.30. The maximum absolute atomic E-state index is 14.3. The number of anilines is 1. The van der Waals surface area contributed by atoms with Gasteiger partial charge in [-0.05, 0) is 42.9 Å². The summed E-state index contributed by atoms with van der Waals surface area (Å²) in [6.45, 7) is 1.13. The van der Waals surface area contributed by atoms with Crippen LogP contribution in [0.4, 0.5) is 36.4 Å². The van der Waals surface area contributed by atoms with Crippen LogP contribution in [0.3, 0.4) is 0 Å². The molecule has 6 nitrogen and oxygen atoms in total. The van der Waals surface area contributed by atoms with Crippen molar-refractivity contribution in [3.05, 3.63) is 69.6 Å². The van der Waals surface area contributed by atoms with E-state index in [1.807, 2.05) is 0 Å². The van der Waals surface area contributed by atoms with Crippen LogP contribution in [0.2, 0.25) is 10.2 Å². The summed E-state index contributed by atoms with van der Waals surface area (Å²) >= 11 is 17.0. The number of benzene rings is 1. The molecule has 2 heterocycles. The average molecular weight is 574 g/mol. The zero-order valence-electron chi connectivity index (χ0n) is 17.6. The number of hydrogen-bond acceptors (Lipinski definition) is 4. The van der Waals surface area contributed by atoms with Gasteiger partial charge in [0.1, 0.15) is 5.69 Å². The standard InChI is InChI=1S/C20H12Cl2F7N5OS/c1-9-7-10(18(23,19(24,25)26)20(27,28)29)4-5-12(9)31-17(36)32-16(35)13-8-14(22)33-34(13)15-11(21)3-2-6-30-15/h2-8H,1H3,(H2,31,32,35,36). The molecule has 0 saturated heterocycles. The smallest absolute Gasteiger partial charge is 0.332 e. The van der Waals surface area contributed by atoms with E-state index in [2.05, 4.69) is 20.7 Å². The van der Waals surface area contributed by atoms with Crippen LogP contribution in [-0.4, -0.2) is 38.1 Å². The van der Waals surface area contributed by atoms with E-state index in [0.717, 1.165) is 17.7 Å². The number of pyridine rings is 1. The van der Waals surface area contributed by atoms with Crippen molar-refractivity contribution < 1.29 is 35.5 Å². The predicted molar refractivity (Wildman–Crippen MR) is 121 cm³/mol. The van der Waals surface area contributed by atoms with Gasteiger partial charge < -0.3 is 5.32 Å². The third-order valence-corrected chi connectivity index (χ3v) is 5.42. The Bertz CT molecular complexity index is 1310. The molecule has 2 N–H and O–H groups in total. The third-order valence-electron chi connectivity index (χ3n) is 4.73. The van der Waals surface area contributed by atoms with Crippen molar-refractivity contribution in [3.8, 4) is 5.82 Å². The molecule has 3 aromatic rings. The number of carbonyl (C=O) groups is 1. The van der Waals surface area contributed by atoms with Gasteiger partial charge in [-0.1, -0.05) is 35.3 Å². The van der Waals surface area contributed by atoms with Crippen molar-refractivity contribution in [2.45, 2.75) is 24.9 Å². The Labute approximate surface area is 213 Å². The second kappa shape index (κ2) is 9.82. The van der Waals surface area contributed by atoms with Gasteiger partial charge in [0.25, 0.3) is 5.91 Å². The fraction of sp³-hybridized carbons (Fsp3) is 0.200. The van der Waals surface area contributed by atoms with Gasteiger partial charge in [0, 0.05) is 23.5 Å². The number of carbonyl (C=O) groups excluding carboxylic acids is 1. The van der Waals surface area contributed by atoms with Crippen LogP contribution in [0.5, 0.6) is 0 Å². The zero-order chi connectivity index (χ0) is 27.1. The molecule has 36 heavy (non-hydrogen) atoms. The molecule has 2 aromatic heterocycles. The quantitative estimate of drug-likeness (QED) is 0.283. The number of halogens is 9. The minimum Gasteiger partial charge on any atom is -0.332 e. The van der Waals surface area contributed by atoms with Gasteiger partial charge in [0.15, 0.2) is 16.1 Å². The normalized spacial score (nSPS) is 12.4. The molecule has 0 aliphatic rings. The summed E-state index contributed by atoms with van der Waals surface area (Å²) in [5.74, 6) is -0.773. The Balaban J connectivity index is 1.82. The molecule has 0 radical (unpaired) electrons. The molecule has 0 atom stereocenters. The summed E-state index contributed by atoms with van der Waals surface area (Å²) in [4.78, 5) is 16.7. The lowest BCUT2D eigenvalue weighted by molar-refractivity contribution is -0.348. The van der Waals surface area contributed by atoms with Crippen LogP contribution >= 0.6 is 35.4 Å². The highest BCUT2D eigenvalue weighted by molar-refractivity contribution is 7.80. The first kappa shape index (κ1) is 27.6. The second-order valence-corrected chi connectivity index (χ2v) is 8.37. The van der Waals surface area contributed by atoms with Gasteiger partial charge in [-0.15, -0.1) is 0 Å². The molecule has 0 unspecified atom stereocenters. The third kappa shape index (κ3) is 5.25. The summed E-state index contributed by atoms with van der Waals surface area (Å²) in [6, 6.07) is 5.68. The highest BCUT2D eigenvalue weighted by atomic mass is 35.5. The first-order valence-electron chi connectivity index (χ1n) is 9.48. The molecule has 16 heteroatoms. The van der Waals surface area contributed by atoms with E-state index < -0.39 is 29.5 Å². The molecule has 0 aliphatic heterocycles. The van der Waals surface area contributed by atoms with E-state index >= 15 is 0 Å². The number of rotatable bonds is 4. The van der Waals surface area contributed by atoms with Crippen LogP contribution in [0.15, 0.2) is 42.6 Å². The first-order valence-corrected chi connectivity index (χ1v) is 10.6. The molecular formula is C20H12Cl2F7N5OS. The van der Waals surface area contributed by atoms with Gasteiger partial charge in [-0.25, -0.2) is 14.1 Å². The van der Waals surface area contributed by atoms with Gasteiger partial charge in [0.2, 0.25) is 0 Å². The van der Waals surface area contributed by atoms with E-state index in [-0.39, 0.29) is 38.1 Å². The Morgan fingerprint density at radius 2 is 1.67 bits per heavy atom. The van der Waals surface area contributed by atoms with Crippen molar-refractivity contribution in [1.29, 1.82) is 0 Å². The van der Waals surface area contributed by atoms with E-state index in [0.29, 0.717) is 12.1 Å². The SMILES string of the molecule is Cc1cc(C(F)(C(F)(F)F)C(F)(F)F)ccc1NC(=S)NC(=O)c1cc(Cl)nn1-c1ncccc1Cl. The summed E-state index contributed by atoms with van der Waals surface area (Å²) in [7, 11) is 0. The number of hydrogen-bond donors (Lipinski definition) is 2. The monoisotopic (exact) mass is 573 g/mol. The minimum absolute atomic E-state index is 0.0746. The number of alkyl halides is 7. The highest BCUT2D eigenvalue weighted by Gasteiger charge is 2.73. The van der Waals surface area contributed by atoms with Gasteiger partial charge in [0.05, 0.1) is 5.02 Å². The molecule has 0 bridgehead atoms. The lowest BCUT2D eigenvalue weighted by Gasteiger charge is -2.30. The minimum atomic E-state index is -6.25. The topological polar surface area (TPSA) is 71.8 Å². The number of amides is 1. The maximum Gasteiger partial charge on any atom is 0.435 e. The van der Waals surface area contributed by atoms with Crippen LogP contribution in [-0.2, 0) is 5.67 Å². The number of nitrogens with zero attached hydrogens (tertiary/aromatic N) is 3. The lowest BCUT2D eigenvalue weighted by atomic mass is 9.92. The molecule has 0 fully saturated rings. The zero-order valence-corrected chi connectivity index (χ0v) is 19.9. The highest BCUT2D eigenvalue weighted by Crippen LogP contribution is 2.53. The van der Waals surface area contributed by atoms with E-state index in [9.17, 15) is 35.5 Å². The van der Waals surface area contributed by atoms with E-state index in [1.165, 1.54) is 18.3 Å². The Morgan fingerprint density at radius 3 is 2.22 bits per heavy atom. The summed E-state index contributed by atoms with van der Waals surface area (Å²) in [5.41, 5.74) is -7.69. The molecule has 192 valence electrons. The van der Waals surface area contributed by atoms with Crippen LogP contribution in [0.1, 0.15) is 21.6 Å². The van der Waals surface area contributed by atoms with Crippen LogP contribution in [0.25, 0.3) is 5.82 Å². The maximum atomic E-state index is 14.3. The Hall–Kier alpha value is -2.97. The van der Waals surface area contributed by atoms with Crippen LogP contribution in [0, 0.1) is 6.92 Å². The van der Waals surface area contributed by atoms with Crippen molar-refractivity contribution in [1.82, 2.24) is 20.1 Å². The van der Waals surface area contributed by atoms with Crippen LogP contribution < -0.4 is 10.6 Å². The molecule has 1 amide bonds. The van der Waals surface area contributed by atoms with Crippen molar-refractivity contribution in [3.63, 3.8) is 0 Å². The first-order chi connectivity index (χ1) is 16.6. The van der Waals surface area contributed by atoms with Gasteiger partial charge >= 0.3 is 18.0 Å². The summed E-state index contributed by atoms with van der Waals surface area (Å²) in [5, 5.41) is 8.32. The molecular weight excluding hydrogens is 562 g/mol. The van der Waals surface area contributed by atoms with Gasteiger partial charge in [-0.3, -0.25) is 10.1 Å². The van der Waals surface area contributed by atoms with Crippen molar-refractivity contribution >= 4 is 52.1 Å². The number of aryl methyl sites for hydroxylation is 1. The number of nitrogens with one attached hydrogen (secondary N) is 2. The summed E-state index contributed by atoms with van der Waals surface area (Å²) in [6.07, 6.45) is -11.1. The fourth-order valence-corrected chi connectivity index (χ4v) is 3.62. The molecule has 0 saturated carbocycles. The molecule has 0 spiro atoms. The molecule has 1 aromatic carbocycles. The number of aromatic nitrogens is 3. The van der Waals surface area contributed by atoms with Crippen molar-refractivity contribution in [2.75, 3.05) is 5.32 Å². The van der Waals surface area contributed by atoms with E-state index in [1.54, 1.807) is 6.07 Å². The van der Waals surface area contributed by atoms with Crippen molar-refractivity contribution in [2.24, 2.45) is 0 Å².